The Balaban J connectivity index is 1.98. The van der Waals surface area contributed by atoms with Gasteiger partial charge in [-0.1, -0.05) is 24.3 Å². The van der Waals surface area contributed by atoms with Gasteiger partial charge in [0.25, 0.3) is 0 Å². The van der Waals surface area contributed by atoms with Gasteiger partial charge >= 0.3 is 6.98 Å². The Morgan fingerprint density at radius 1 is 1.11 bits per heavy atom. The second kappa shape index (κ2) is 5.18. The average Bonchev–Trinajstić information content (AvgIpc) is 2.51. The smallest absolute Gasteiger partial charge is 0.445 e. The maximum atomic E-state index is 12.5. The number of hydrogen-bond acceptors (Lipinski definition) is 1. The zero-order valence-corrected chi connectivity index (χ0v) is 10.2. The van der Waals surface area contributed by atoms with Gasteiger partial charge in [-0.05, 0) is 30.5 Å². The van der Waals surface area contributed by atoms with Crippen LogP contribution in [0.15, 0.2) is 36.3 Å². The van der Waals surface area contributed by atoms with Gasteiger partial charge in [0, 0.05) is 13.1 Å². The number of nitrogens with zero attached hydrogens (tertiary/aromatic N) is 1. The van der Waals surface area contributed by atoms with Crippen LogP contribution < -0.4 is 0 Å². The fourth-order valence-corrected chi connectivity index (χ4v) is 2.26. The Kier molecular flexibility index (Phi) is 3.80. The standard InChI is InChI=1S/C13H16BF3N/c1-11(14(15,16)17)10-18-8-6-12-4-2-3-5-13(12)7-9-18/h2-5H,1,6-10H2/q-1. The van der Waals surface area contributed by atoms with E-state index < -0.39 is 12.4 Å². The Hall–Kier alpha value is -1.23. The molecule has 0 atom stereocenters. The Labute approximate surface area is 105 Å². The lowest BCUT2D eigenvalue weighted by atomic mass is 9.80. The van der Waals surface area contributed by atoms with Crippen LogP contribution in [0.3, 0.4) is 0 Å². The summed E-state index contributed by atoms with van der Waals surface area (Å²) in [5.41, 5.74) is 1.91. The largest absolute Gasteiger partial charge is 0.506 e. The van der Waals surface area contributed by atoms with Crippen LogP contribution in [0.1, 0.15) is 11.1 Å². The minimum Gasteiger partial charge on any atom is -0.445 e. The fraction of sp³-hybridized carbons (Fsp3) is 0.385. The lowest BCUT2D eigenvalue weighted by molar-refractivity contribution is 0.309. The van der Waals surface area contributed by atoms with Crippen LogP contribution in [0.4, 0.5) is 12.9 Å². The maximum Gasteiger partial charge on any atom is 0.506 e. The average molecular weight is 254 g/mol. The van der Waals surface area contributed by atoms with Gasteiger partial charge in [0.1, 0.15) is 0 Å². The number of hydrogen-bond donors (Lipinski definition) is 0. The van der Waals surface area contributed by atoms with Crippen LogP contribution in [-0.4, -0.2) is 31.5 Å². The third-order valence-electron chi connectivity index (χ3n) is 3.40. The third kappa shape index (κ3) is 3.16. The number of halogens is 3. The third-order valence-corrected chi connectivity index (χ3v) is 3.40. The first-order chi connectivity index (χ1) is 8.47. The summed E-state index contributed by atoms with van der Waals surface area (Å²) in [6.45, 7) is -0.467. The molecule has 1 aliphatic heterocycles. The van der Waals surface area contributed by atoms with Crippen molar-refractivity contribution in [2.75, 3.05) is 19.6 Å². The summed E-state index contributed by atoms with van der Waals surface area (Å²) in [7, 11) is 0. The highest BCUT2D eigenvalue weighted by Gasteiger charge is 2.28. The van der Waals surface area contributed by atoms with Gasteiger partial charge in [-0.2, -0.15) is 0 Å². The van der Waals surface area contributed by atoms with E-state index in [0.29, 0.717) is 13.1 Å². The molecule has 0 unspecified atom stereocenters. The first-order valence-electron chi connectivity index (χ1n) is 6.13. The Morgan fingerprint density at radius 3 is 2.06 bits per heavy atom. The summed E-state index contributed by atoms with van der Waals surface area (Å²) in [6, 6.07) is 8.07. The molecule has 0 saturated carbocycles. The van der Waals surface area contributed by atoms with Crippen LogP contribution in [0.5, 0.6) is 0 Å². The summed E-state index contributed by atoms with van der Waals surface area (Å²) in [5, 5.41) is 0. The molecular weight excluding hydrogens is 238 g/mol. The van der Waals surface area contributed by atoms with E-state index in [1.54, 1.807) is 0 Å². The molecule has 0 bridgehead atoms. The normalized spacial score (nSPS) is 17.1. The molecule has 0 N–H and O–H groups in total. The number of benzene rings is 1. The van der Waals surface area contributed by atoms with E-state index >= 15 is 0 Å². The molecule has 0 spiro atoms. The molecule has 98 valence electrons. The van der Waals surface area contributed by atoms with E-state index in [1.165, 1.54) is 11.1 Å². The summed E-state index contributed by atoms with van der Waals surface area (Å²) >= 11 is 0. The molecule has 2 rings (SSSR count). The predicted octanol–water partition coefficient (Wildman–Crippen LogP) is 3.03. The molecular formula is C13H16BF3N-. The van der Waals surface area contributed by atoms with Crippen molar-refractivity contribution in [3.63, 3.8) is 0 Å². The van der Waals surface area contributed by atoms with E-state index in [9.17, 15) is 12.9 Å². The first-order valence-corrected chi connectivity index (χ1v) is 6.13. The molecule has 0 radical (unpaired) electrons. The molecule has 0 saturated heterocycles. The van der Waals surface area contributed by atoms with Gasteiger partial charge in [0.2, 0.25) is 0 Å². The van der Waals surface area contributed by atoms with E-state index in [1.807, 2.05) is 17.0 Å². The van der Waals surface area contributed by atoms with Crippen LogP contribution >= 0.6 is 0 Å². The van der Waals surface area contributed by atoms with E-state index in [4.69, 9.17) is 0 Å². The molecule has 0 amide bonds. The highest BCUT2D eigenvalue weighted by atomic mass is 19.4. The van der Waals surface area contributed by atoms with Gasteiger partial charge in [-0.3, -0.25) is 0 Å². The molecule has 1 aromatic rings. The molecule has 0 aromatic heterocycles. The molecule has 1 aromatic carbocycles. The molecule has 5 heteroatoms. The second-order valence-corrected chi connectivity index (χ2v) is 4.78. The highest BCUT2D eigenvalue weighted by molar-refractivity contribution is 6.66. The van der Waals surface area contributed by atoms with E-state index in [2.05, 4.69) is 18.7 Å². The minimum absolute atomic E-state index is 0.0580. The van der Waals surface area contributed by atoms with Crippen molar-refractivity contribution in [2.24, 2.45) is 0 Å². The quantitative estimate of drug-likeness (QED) is 0.749. The molecule has 0 fully saturated rings. The van der Waals surface area contributed by atoms with Crippen molar-refractivity contribution in [1.29, 1.82) is 0 Å². The highest BCUT2D eigenvalue weighted by Crippen LogP contribution is 2.21. The van der Waals surface area contributed by atoms with Crippen LogP contribution in [0.25, 0.3) is 0 Å². The fourth-order valence-electron chi connectivity index (χ4n) is 2.26. The zero-order valence-electron chi connectivity index (χ0n) is 10.2. The topological polar surface area (TPSA) is 3.24 Å². The Morgan fingerprint density at radius 2 is 1.61 bits per heavy atom. The lowest BCUT2D eigenvalue weighted by Gasteiger charge is -2.26. The van der Waals surface area contributed by atoms with Crippen molar-refractivity contribution in [3.8, 4) is 0 Å². The maximum absolute atomic E-state index is 12.5. The lowest BCUT2D eigenvalue weighted by Crippen LogP contribution is -2.34. The van der Waals surface area contributed by atoms with Crippen molar-refractivity contribution in [3.05, 3.63) is 47.4 Å². The monoisotopic (exact) mass is 254 g/mol. The van der Waals surface area contributed by atoms with Gasteiger partial charge in [0.15, 0.2) is 0 Å². The van der Waals surface area contributed by atoms with Gasteiger partial charge in [0.05, 0.1) is 0 Å². The van der Waals surface area contributed by atoms with Gasteiger partial charge in [-0.15, -0.1) is 12.1 Å². The first kappa shape index (κ1) is 13.2. The molecule has 1 heterocycles. The summed E-state index contributed by atoms with van der Waals surface area (Å²) in [6.07, 6.45) is 1.63. The van der Waals surface area contributed by atoms with E-state index in [0.717, 1.165) is 12.8 Å². The van der Waals surface area contributed by atoms with Crippen LogP contribution in [0.2, 0.25) is 0 Å². The Bertz CT molecular complexity index is 415. The molecule has 0 aliphatic carbocycles. The van der Waals surface area contributed by atoms with Crippen LogP contribution in [0, 0.1) is 0 Å². The summed E-state index contributed by atoms with van der Waals surface area (Å²) < 4.78 is 37.5. The number of fused-ring (bicyclic) bond motifs is 1. The molecule has 1 nitrogen and oxygen atoms in total. The summed E-state index contributed by atoms with van der Waals surface area (Å²) in [5.74, 6) is 0. The minimum atomic E-state index is -4.91. The SMILES string of the molecule is C=C(CN1CCc2ccccc2CC1)[B-](F)(F)F. The second-order valence-electron chi connectivity index (χ2n) is 4.78. The predicted molar refractivity (Wildman–Crippen MR) is 68.5 cm³/mol. The zero-order chi connectivity index (χ0) is 13.2. The van der Waals surface area contributed by atoms with Gasteiger partial charge < -0.3 is 17.8 Å². The molecule has 1 aliphatic rings. The van der Waals surface area contributed by atoms with Crippen LogP contribution in [-0.2, 0) is 12.8 Å². The van der Waals surface area contributed by atoms with Crippen molar-refractivity contribution in [1.82, 2.24) is 4.90 Å². The summed E-state index contributed by atoms with van der Waals surface area (Å²) in [4.78, 5) is 1.84. The van der Waals surface area contributed by atoms with Crippen molar-refractivity contribution in [2.45, 2.75) is 12.8 Å². The molecule has 18 heavy (non-hydrogen) atoms. The van der Waals surface area contributed by atoms with Crippen molar-refractivity contribution >= 4 is 6.98 Å². The van der Waals surface area contributed by atoms with Crippen molar-refractivity contribution < 1.29 is 12.9 Å². The van der Waals surface area contributed by atoms with Gasteiger partial charge in [-0.25, -0.2) is 0 Å². The number of rotatable bonds is 3. The van der Waals surface area contributed by atoms with E-state index in [-0.39, 0.29) is 6.54 Å².